The molecule has 0 aliphatic heterocycles. The second-order valence-corrected chi connectivity index (χ2v) is 10.1. The van der Waals surface area contributed by atoms with Gasteiger partial charge in [-0.2, -0.15) is 0 Å². The van der Waals surface area contributed by atoms with E-state index >= 15 is 0 Å². The molecule has 218 valence electrons. The Hall–Kier alpha value is -2.48. The van der Waals surface area contributed by atoms with Gasteiger partial charge in [-0.3, -0.25) is 4.79 Å². The second kappa shape index (κ2) is 23.6. The molecule has 0 aromatic heterocycles. The fourth-order valence-corrected chi connectivity index (χ4v) is 4.16. The number of rotatable bonds is 24. The number of aromatic hydroxyl groups is 1. The van der Waals surface area contributed by atoms with Crippen LogP contribution in [0.25, 0.3) is 0 Å². The van der Waals surface area contributed by atoms with Crippen molar-refractivity contribution < 1.29 is 24.2 Å². The van der Waals surface area contributed by atoms with Gasteiger partial charge in [-0.15, -0.1) is 0 Å². The third kappa shape index (κ3) is 20.6. The zero-order chi connectivity index (χ0) is 27.7. The fraction of sp³-hybridized carbons (Fsp3) is 0.733. The standard InChI is InChI=1S/C30H53N3O5/c1-3-4-5-6-7-8-9-10-11-12-13-14-15-16-17-26(2)37-23-22-31-30(36)33-25-32-29(35)24-38-28-20-18-27(34)19-21-28/h18-21,26,34H,3-17,22-25H2,1-2H3,(H,32,35)(H2,31,33,36). The molecular formula is C30H53N3O5. The number of carbonyl (C=O) groups is 2. The molecular weight excluding hydrogens is 482 g/mol. The van der Waals surface area contributed by atoms with Crippen LogP contribution in [-0.2, 0) is 9.53 Å². The van der Waals surface area contributed by atoms with E-state index in [4.69, 9.17) is 9.47 Å². The number of phenolic OH excluding ortho intramolecular Hbond substituents is 1. The summed E-state index contributed by atoms with van der Waals surface area (Å²) in [5, 5.41) is 17.1. The van der Waals surface area contributed by atoms with Crippen molar-refractivity contribution in [2.24, 2.45) is 0 Å². The van der Waals surface area contributed by atoms with Crippen LogP contribution in [0.4, 0.5) is 4.79 Å². The molecule has 8 heteroatoms. The number of phenols is 1. The van der Waals surface area contributed by atoms with Crippen LogP contribution in [0.15, 0.2) is 24.3 Å². The van der Waals surface area contributed by atoms with Crippen LogP contribution in [0.2, 0.25) is 0 Å². The smallest absolute Gasteiger partial charge is 0.316 e. The Bertz CT molecular complexity index is 714. The summed E-state index contributed by atoms with van der Waals surface area (Å²) >= 11 is 0. The number of ether oxygens (including phenoxy) is 2. The molecule has 0 aliphatic rings. The lowest BCUT2D eigenvalue weighted by molar-refractivity contribution is -0.123. The quantitative estimate of drug-likeness (QED) is 0.0902. The number of hydrogen-bond acceptors (Lipinski definition) is 5. The molecule has 38 heavy (non-hydrogen) atoms. The average molecular weight is 536 g/mol. The number of benzene rings is 1. The van der Waals surface area contributed by atoms with E-state index < -0.39 is 0 Å². The van der Waals surface area contributed by atoms with Crippen molar-refractivity contribution in [1.82, 2.24) is 16.0 Å². The summed E-state index contributed by atoms with van der Waals surface area (Å²) in [6.07, 6.45) is 20.3. The lowest BCUT2D eigenvalue weighted by Crippen LogP contribution is -2.44. The summed E-state index contributed by atoms with van der Waals surface area (Å²) < 4.78 is 11.1. The second-order valence-electron chi connectivity index (χ2n) is 10.1. The number of nitrogens with one attached hydrogen (secondary N) is 3. The number of hydrogen-bond donors (Lipinski definition) is 4. The van der Waals surface area contributed by atoms with Gasteiger partial charge in [0.2, 0.25) is 0 Å². The molecule has 1 rings (SSSR count). The fourth-order valence-electron chi connectivity index (χ4n) is 4.16. The van der Waals surface area contributed by atoms with E-state index in [1.54, 1.807) is 12.1 Å². The third-order valence-corrected chi connectivity index (χ3v) is 6.50. The Morgan fingerprint density at radius 1 is 0.789 bits per heavy atom. The first-order chi connectivity index (χ1) is 18.5. The molecule has 0 saturated carbocycles. The van der Waals surface area contributed by atoms with Crippen molar-refractivity contribution in [2.45, 2.75) is 116 Å². The Labute approximate surface area is 230 Å². The van der Waals surface area contributed by atoms with E-state index in [0.29, 0.717) is 18.9 Å². The molecule has 3 amide bonds. The predicted molar refractivity (Wildman–Crippen MR) is 153 cm³/mol. The lowest BCUT2D eigenvalue weighted by atomic mass is 10.0. The van der Waals surface area contributed by atoms with Gasteiger partial charge in [-0.1, -0.05) is 96.8 Å². The van der Waals surface area contributed by atoms with Crippen LogP contribution >= 0.6 is 0 Å². The van der Waals surface area contributed by atoms with Gasteiger partial charge in [0.25, 0.3) is 5.91 Å². The molecule has 1 aromatic carbocycles. The minimum absolute atomic E-state index is 0.0000105. The first-order valence-corrected chi connectivity index (χ1v) is 14.8. The number of urea groups is 1. The maximum Gasteiger partial charge on any atom is 0.316 e. The molecule has 0 fully saturated rings. The highest BCUT2D eigenvalue weighted by atomic mass is 16.5. The molecule has 1 atom stereocenters. The first-order valence-electron chi connectivity index (χ1n) is 14.8. The molecule has 1 aromatic rings. The van der Waals surface area contributed by atoms with E-state index in [0.717, 1.165) is 6.42 Å². The summed E-state index contributed by atoms with van der Waals surface area (Å²) in [6.45, 7) is 5.04. The van der Waals surface area contributed by atoms with Crippen molar-refractivity contribution in [1.29, 1.82) is 0 Å². The van der Waals surface area contributed by atoms with Gasteiger partial charge >= 0.3 is 6.03 Å². The SMILES string of the molecule is CCCCCCCCCCCCCCCCC(C)OCCNC(=O)NCNC(=O)COc1ccc(O)cc1. The van der Waals surface area contributed by atoms with Crippen molar-refractivity contribution in [3.8, 4) is 11.5 Å². The topological polar surface area (TPSA) is 109 Å². The zero-order valence-corrected chi connectivity index (χ0v) is 23.9. The van der Waals surface area contributed by atoms with Crippen molar-refractivity contribution >= 4 is 11.9 Å². The Morgan fingerprint density at radius 2 is 1.34 bits per heavy atom. The number of unbranched alkanes of at least 4 members (excludes halogenated alkanes) is 13. The molecule has 0 saturated heterocycles. The van der Waals surface area contributed by atoms with Crippen molar-refractivity contribution in [3.05, 3.63) is 24.3 Å². The Balaban J connectivity index is 1.84. The van der Waals surface area contributed by atoms with E-state index in [9.17, 15) is 14.7 Å². The van der Waals surface area contributed by atoms with Gasteiger partial charge in [0.1, 0.15) is 11.5 Å². The molecule has 4 N–H and O–H groups in total. The molecule has 0 radical (unpaired) electrons. The van der Waals surface area contributed by atoms with E-state index in [-0.39, 0.29) is 37.1 Å². The van der Waals surface area contributed by atoms with Gasteiger partial charge in [-0.25, -0.2) is 4.79 Å². The van der Waals surface area contributed by atoms with Crippen molar-refractivity contribution in [3.63, 3.8) is 0 Å². The molecule has 0 heterocycles. The van der Waals surface area contributed by atoms with Gasteiger partial charge in [0.15, 0.2) is 6.61 Å². The maximum absolute atomic E-state index is 11.8. The van der Waals surface area contributed by atoms with Gasteiger partial charge in [0, 0.05) is 6.54 Å². The summed E-state index contributed by atoms with van der Waals surface area (Å²) in [7, 11) is 0. The number of carbonyl (C=O) groups excluding carboxylic acids is 2. The van der Waals surface area contributed by atoms with Crippen LogP contribution in [0.5, 0.6) is 11.5 Å². The minimum atomic E-state index is -0.368. The molecule has 1 unspecified atom stereocenters. The van der Waals surface area contributed by atoms with Crippen LogP contribution in [0.3, 0.4) is 0 Å². The van der Waals surface area contributed by atoms with Crippen LogP contribution in [0, 0.1) is 0 Å². The maximum atomic E-state index is 11.8. The van der Waals surface area contributed by atoms with Crippen LogP contribution < -0.4 is 20.7 Å². The highest BCUT2D eigenvalue weighted by molar-refractivity contribution is 5.78. The van der Waals surface area contributed by atoms with Crippen LogP contribution in [0.1, 0.15) is 110 Å². The zero-order valence-electron chi connectivity index (χ0n) is 23.9. The van der Waals surface area contributed by atoms with Crippen molar-refractivity contribution in [2.75, 3.05) is 26.4 Å². The summed E-state index contributed by atoms with van der Waals surface area (Å²) in [4.78, 5) is 23.6. The minimum Gasteiger partial charge on any atom is -0.508 e. The average Bonchev–Trinajstić information content (AvgIpc) is 2.91. The Morgan fingerprint density at radius 3 is 1.92 bits per heavy atom. The third-order valence-electron chi connectivity index (χ3n) is 6.50. The lowest BCUT2D eigenvalue weighted by Gasteiger charge is -2.14. The molecule has 0 aliphatic carbocycles. The first kappa shape index (κ1) is 33.5. The van der Waals surface area contributed by atoms with E-state index in [1.807, 2.05) is 0 Å². The summed E-state index contributed by atoms with van der Waals surface area (Å²) in [5.41, 5.74) is 0. The number of amides is 3. The highest BCUT2D eigenvalue weighted by Gasteiger charge is 2.06. The molecule has 0 bridgehead atoms. The molecule has 8 nitrogen and oxygen atoms in total. The Kier molecular flexibility index (Phi) is 20.9. The summed E-state index contributed by atoms with van der Waals surface area (Å²) in [5.74, 6) is 0.239. The largest absolute Gasteiger partial charge is 0.508 e. The van der Waals surface area contributed by atoms with Crippen LogP contribution in [-0.4, -0.2) is 49.6 Å². The van der Waals surface area contributed by atoms with Gasteiger partial charge < -0.3 is 30.5 Å². The summed E-state index contributed by atoms with van der Waals surface area (Å²) in [6, 6.07) is 5.72. The van der Waals surface area contributed by atoms with E-state index in [2.05, 4.69) is 29.8 Å². The van der Waals surface area contributed by atoms with E-state index in [1.165, 1.54) is 102 Å². The molecule has 0 spiro atoms. The predicted octanol–water partition coefficient (Wildman–Crippen LogP) is 6.42. The highest BCUT2D eigenvalue weighted by Crippen LogP contribution is 2.16. The van der Waals surface area contributed by atoms with Gasteiger partial charge in [-0.05, 0) is 37.6 Å². The normalized spacial score (nSPS) is 11.6. The monoisotopic (exact) mass is 535 g/mol. The van der Waals surface area contributed by atoms with Gasteiger partial charge in [0.05, 0.1) is 19.4 Å².